The molecular weight excluding hydrogens is 262 g/mol. The van der Waals surface area contributed by atoms with E-state index in [1.807, 2.05) is 37.3 Å². The van der Waals surface area contributed by atoms with Gasteiger partial charge in [0.1, 0.15) is 5.82 Å². The van der Waals surface area contributed by atoms with Gasteiger partial charge in [0.15, 0.2) is 5.82 Å². The summed E-state index contributed by atoms with van der Waals surface area (Å²) in [7, 11) is 0. The maximum absolute atomic E-state index is 4.74. The Bertz CT molecular complexity index is 729. The number of hydrogen-bond acceptors (Lipinski definition) is 4. The van der Waals surface area contributed by atoms with Crippen LogP contribution in [-0.4, -0.2) is 26.7 Å². The van der Waals surface area contributed by atoms with Gasteiger partial charge in [-0.3, -0.25) is 0 Å². The molecule has 1 fully saturated rings. The molecule has 0 saturated carbocycles. The number of hydrogen-bond donors (Lipinski definition) is 1. The number of anilines is 1. The third-order valence-electron chi connectivity index (χ3n) is 4.05. The summed E-state index contributed by atoms with van der Waals surface area (Å²) in [5, 5.41) is 8.50. The van der Waals surface area contributed by atoms with E-state index in [0.717, 1.165) is 47.8 Å². The van der Waals surface area contributed by atoms with E-state index in [0.29, 0.717) is 0 Å². The molecule has 0 amide bonds. The number of nitrogens with zero attached hydrogens (tertiary/aromatic N) is 4. The predicted molar refractivity (Wildman–Crippen MR) is 82.2 cm³/mol. The number of H-pyrrole nitrogens is 1. The molecule has 1 aliphatic rings. The highest BCUT2D eigenvalue weighted by atomic mass is 15.3. The highest BCUT2D eigenvalue weighted by Crippen LogP contribution is 2.34. The Kier molecular flexibility index (Phi) is 2.84. The number of para-hydroxylation sites is 2. The minimum atomic E-state index is 0.259. The Morgan fingerprint density at radius 1 is 1.14 bits per heavy atom. The third kappa shape index (κ3) is 2.14. The molecule has 0 radical (unpaired) electrons. The van der Waals surface area contributed by atoms with Crippen molar-refractivity contribution in [3.63, 3.8) is 0 Å². The number of aromatic nitrogens is 4. The molecule has 3 aromatic rings. The zero-order chi connectivity index (χ0) is 14.2. The van der Waals surface area contributed by atoms with Gasteiger partial charge < -0.3 is 9.88 Å². The van der Waals surface area contributed by atoms with Crippen molar-refractivity contribution in [1.82, 2.24) is 20.2 Å². The average molecular weight is 279 g/mol. The first-order chi connectivity index (χ1) is 10.3. The molecule has 4 rings (SSSR count). The topological polar surface area (TPSA) is 57.7 Å². The standard InChI is InChI=1S/C16H17N5/c1-11-8-9-15(20-19-11)21-10-4-7-14(21)16-17-12-5-2-3-6-13(12)18-16/h2-3,5-6,8-9,14H,4,7,10H2,1H3,(H,17,18)/t14-/m0/s1. The van der Waals surface area contributed by atoms with Gasteiger partial charge in [0.2, 0.25) is 0 Å². The largest absolute Gasteiger partial charge is 0.345 e. The second kappa shape index (κ2) is 4.84. The zero-order valence-corrected chi connectivity index (χ0v) is 12.0. The van der Waals surface area contributed by atoms with Crippen molar-refractivity contribution < 1.29 is 0 Å². The fourth-order valence-electron chi connectivity index (χ4n) is 3.00. The van der Waals surface area contributed by atoms with Crippen molar-refractivity contribution in [2.24, 2.45) is 0 Å². The quantitative estimate of drug-likeness (QED) is 0.783. The van der Waals surface area contributed by atoms with Crippen LogP contribution in [0.25, 0.3) is 11.0 Å². The van der Waals surface area contributed by atoms with Crippen molar-refractivity contribution >= 4 is 16.9 Å². The van der Waals surface area contributed by atoms with Crippen LogP contribution < -0.4 is 4.90 Å². The molecular formula is C16H17N5. The summed E-state index contributed by atoms with van der Waals surface area (Å²) in [6, 6.07) is 12.5. The molecule has 0 bridgehead atoms. The van der Waals surface area contributed by atoms with Crippen LogP contribution in [0.3, 0.4) is 0 Å². The first kappa shape index (κ1) is 12.3. The molecule has 1 aromatic carbocycles. The normalized spacial score (nSPS) is 18.5. The van der Waals surface area contributed by atoms with Gasteiger partial charge in [-0.15, -0.1) is 5.10 Å². The molecule has 0 spiro atoms. The summed E-state index contributed by atoms with van der Waals surface area (Å²) in [5.41, 5.74) is 3.06. The predicted octanol–water partition coefficient (Wildman–Crippen LogP) is 3.00. The van der Waals surface area contributed by atoms with E-state index in [4.69, 9.17) is 4.98 Å². The molecule has 5 heteroatoms. The van der Waals surface area contributed by atoms with E-state index in [-0.39, 0.29) is 6.04 Å². The number of nitrogens with one attached hydrogen (secondary N) is 1. The number of fused-ring (bicyclic) bond motifs is 1. The molecule has 3 heterocycles. The number of rotatable bonds is 2. The Labute approximate surface area is 123 Å². The van der Waals surface area contributed by atoms with Gasteiger partial charge in [-0.2, -0.15) is 5.10 Å². The van der Waals surface area contributed by atoms with Gasteiger partial charge in [0.25, 0.3) is 0 Å². The Hall–Kier alpha value is -2.43. The highest BCUT2D eigenvalue weighted by Gasteiger charge is 2.29. The van der Waals surface area contributed by atoms with Gasteiger partial charge in [0, 0.05) is 6.54 Å². The minimum Gasteiger partial charge on any atom is -0.345 e. The van der Waals surface area contributed by atoms with Gasteiger partial charge in [-0.25, -0.2) is 4.98 Å². The second-order valence-electron chi connectivity index (χ2n) is 5.52. The van der Waals surface area contributed by atoms with Gasteiger partial charge in [-0.05, 0) is 44.0 Å². The third-order valence-corrected chi connectivity index (χ3v) is 4.05. The van der Waals surface area contributed by atoms with E-state index in [2.05, 4.69) is 26.1 Å². The summed E-state index contributed by atoms with van der Waals surface area (Å²) in [4.78, 5) is 10.5. The molecule has 5 nitrogen and oxygen atoms in total. The molecule has 2 aromatic heterocycles. The van der Waals surface area contributed by atoms with Gasteiger partial charge >= 0.3 is 0 Å². The number of imidazole rings is 1. The first-order valence-electron chi connectivity index (χ1n) is 7.33. The molecule has 21 heavy (non-hydrogen) atoms. The van der Waals surface area contributed by atoms with Gasteiger partial charge in [0.05, 0.1) is 22.8 Å². The molecule has 106 valence electrons. The molecule has 0 unspecified atom stereocenters. The second-order valence-corrected chi connectivity index (χ2v) is 5.52. The van der Waals surface area contributed by atoms with Crippen molar-refractivity contribution in [3.05, 3.63) is 47.9 Å². The lowest BCUT2D eigenvalue weighted by molar-refractivity contribution is 0.668. The Morgan fingerprint density at radius 3 is 2.86 bits per heavy atom. The maximum atomic E-state index is 4.74. The van der Waals surface area contributed by atoms with E-state index in [1.54, 1.807) is 0 Å². The summed E-state index contributed by atoms with van der Waals surface area (Å²) < 4.78 is 0. The van der Waals surface area contributed by atoms with Crippen molar-refractivity contribution in [3.8, 4) is 0 Å². The number of aryl methyl sites for hydroxylation is 1. The fourth-order valence-corrected chi connectivity index (χ4v) is 3.00. The van der Waals surface area contributed by atoms with Crippen LogP contribution >= 0.6 is 0 Å². The SMILES string of the molecule is Cc1ccc(N2CCC[C@H]2c2nc3ccccc3[nH]2)nn1. The van der Waals surface area contributed by atoms with Crippen LogP contribution in [0.5, 0.6) is 0 Å². The Morgan fingerprint density at radius 2 is 2.05 bits per heavy atom. The Balaban J connectivity index is 1.71. The first-order valence-corrected chi connectivity index (χ1v) is 7.33. The highest BCUT2D eigenvalue weighted by molar-refractivity contribution is 5.75. The van der Waals surface area contributed by atoms with Crippen LogP contribution in [0, 0.1) is 6.92 Å². The zero-order valence-electron chi connectivity index (χ0n) is 12.0. The van der Waals surface area contributed by atoms with Crippen LogP contribution in [0.15, 0.2) is 36.4 Å². The van der Waals surface area contributed by atoms with E-state index in [1.165, 1.54) is 0 Å². The number of benzene rings is 1. The average Bonchev–Trinajstić information content (AvgIpc) is 3.14. The number of aromatic amines is 1. The molecule has 1 saturated heterocycles. The lowest BCUT2D eigenvalue weighted by Crippen LogP contribution is -2.24. The summed E-state index contributed by atoms with van der Waals surface area (Å²) in [5.74, 6) is 1.96. The van der Waals surface area contributed by atoms with E-state index in [9.17, 15) is 0 Å². The molecule has 1 atom stereocenters. The monoisotopic (exact) mass is 279 g/mol. The van der Waals surface area contributed by atoms with Gasteiger partial charge in [-0.1, -0.05) is 12.1 Å². The van der Waals surface area contributed by atoms with Crippen LogP contribution in [0.1, 0.15) is 30.4 Å². The molecule has 1 aliphatic heterocycles. The van der Waals surface area contributed by atoms with Crippen LogP contribution in [-0.2, 0) is 0 Å². The van der Waals surface area contributed by atoms with E-state index >= 15 is 0 Å². The van der Waals surface area contributed by atoms with E-state index < -0.39 is 0 Å². The van der Waals surface area contributed by atoms with Crippen molar-refractivity contribution in [2.75, 3.05) is 11.4 Å². The van der Waals surface area contributed by atoms with Crippen LogP contribution in [0.4, 0.5) is 5.82 Å². The lowest BCUT2D eigenvalue weighted by Gasteiger charge is -2.23. The van der Waals surface area contributed by atoms with Crippen LogP contribution in [0.2, 0.25) is 0 Å². The smallest absolute Gasteiger partial charge is 0.151 e. The summed E-state index contributed by atoms with van der Waals surface area (Å²) >= 11 is 0. The lowest BCUT2D eigenvalue weighted by atomic mass is 10.2. The minimum absolute atomic E-state index is 0.259. The summed E-state index contributed by atoms with van der Waals surface area (Å²) in [6.45, 7) is 2.96. The molecule has 1 N–H and O–H groups in total. The fraction of sp³-hybridized carbons (Fsp3) is 0.312. The summed E-state index contributed by atoms with van der Waals surface area (Å²) in [6.07, 6.45) is 2.24. The van der Waals surface area contributed by atoms with Crippen molar-refractivity contribution in [1.29, 1.82) is 0 Å². The molecule has 0 aliphatic carbocycles. The van der Waals surface area contributed by atoms with Crippen molar-refractivity contribution in [2.45, 2.75) is 25.8 Å². The maximum Gasteiger partial charge on any atom is 0.151 e.